The summed E-state index contributed by atoms with van der Waals surface area (Å²) in [5.74, 6) is 0.544. The van der Waals surface area contributed by atoms with Gasteiger partial charge in [0.1, 0.15) is 17.4 Å². The predicted molar refractivity (Wildman–Crippen MR) is 103 cm³/mol. The van der Waals surface area contributed by atoms with Crippen molar-refractivity contribution in [1.82, 2.24) is 29.5 Å². The quantitative estimate of drug-likeness (QED) is 0.434. The van der Waals surface area contributed by atoms with Crippen LogP contribution in [-0.2, 0) is 6.54 Å². The van der Waals surface area contributed by atoms with Crippen molar-refractivity contribution in [3.8, 4) is 11.5 Å². The molecule has 0 aliphatic carbocycles. The van der Waals surface area contributed by atoms with Gasteiger partial charge in [0.25, 0.3) is 11.5 Å². The number of anilines is 1. The highest BCUT2D eigenvalue weighted by molar-refractivity contribution is 6.06. The standard InChI is InChI=1S/C18H13N7O5/c26-16(24-15-13-14(21-6-20-13)22-7-23-15)10-4-19-18(28)25(17(10)27)5-9-1-2-11-12(3-9)30-8-29-11/h1-4,6-7H,5,8H2,(H,19,28)(H2,20,21,22,23,24,26). The lowest BCUT2D eigenvalue weighted by molar-refractivity contribution is 0.102. The number of imidazole rings is 1. The first-order valence-corrected chi connectivity index (χ1v) is 8.76. The van der Waals surface area contributed by atoms with E-state index in [0.717, 1.165) is 10.8 Å². The van der Waals surface area contributed by atoms with Crippen molar-refractivity contribution in [2.45, 2.75) is 6.54 Å². The number of hydrogen-bond donors (Lipinski definition) is 3. The molecule has 0 saturated carbocycles. The lowest BCUT2D eigenvalue weighted by Crippen LogP contribution is -2.39. The van der Waals surface area contributed by atoms with E-state index in [-0.39, 0.29) is 24.7 Å². The summed E-state index contributed by atoms with van der Waals surface area (Å²) in [5, 5.41) is 2.54. The van der Waals surface area contributed by atoms with E-state index in [1.807, 2.05) is 0 Å². The lowest BCUT2D eigenvalue weighted by atomic mass is 10.2. The Kier molecular flexibility index (Phi) is 4.02. The summed E-state index contributed by atoms with van der Waals surface area (Å²) in [6.45, 7) is 0.0614. The van der Waals surface area contributed by atoms with Crippen molar-refractivity contribution in [3.63, 3.8) is 0 Å². The molecule has 0 fully saturated rings. The molecule has 0 unspecified atom stereocenters. The number of ether oxygens (including phenoxy) is 2. The molecular weight excluding hydrogens is 394 g/mol. The van der Waals surface area contributed by atoms with Crippen molar-refractivity contribution < 1.29 is 14.3 Å². The van der Waals surface area contributed by atoms with Crippen LogP contribution >= 0.6 is 0 Å². The fourth-order valence-electron chi connectivity index (χ4n) is 3.07. The van der Waals surface area contributed by atoms with E-state index < -0.39 is 17.2 Å². The summed E-state index contributed by atoms with van der Waals surface area (Å²) >= 11 is 0. The molecule has 1 aromatic carbocycles. The number of benzene rings is 1. The van der Waals surface area contributed by atoms with Crippen molar-refractivity contribution in [3.05, 3.63) is 69.0 Å². The van der Waals surface area contributed by atoms with Crippen LogP contribution < -0.4 is 26.0 Å². The number of fused-ring (bicyclic) bond motifs is 2. The second-order valence-corrected chi connectivity index (χ2v) is 6.36. The van der Waals surface area contributed by atoms with Crippen LogP contribution in [0.4, 0.5) is 5.82 Å². The second kappa shape index (κ2) is 6.84. The monoisotopic (exact) mass is 407 g/mol. The molecule has 0 saturated heterocycles. The number of aromatic amines is 2. The summed E-state index contributed by atoms with van der Waals surface area (Å²) in [4.78, 5) is 55.0. The number of rotatable bonds is 4. The molecule has 0 spiro atoms. The molecule has 12 heteroatoms. The zero-order chi connectivity index (χ0) is 20.7. The van der Waals surface area contributed by atoms with E-state index in [9.17, 15) is 14.4 Å². The van der Waals surface area contributed by atoms with Crippen LogP contribution in [0, 0.1) is 0 Å². The number of aromatic nitrogens is 6. The second-order valence-electron chi connectivity index (χ2n) is 6.36. The van der Waals surface area contributed by atoms with Gasteiger partial charge in [-0.15, -0.1) is 0 Å². The first-order chi connectivity index (χ1) is 14.6. The molecule has 12 nitrogen and oxygen atoms in total. The Balaban J connectivity index is 1.47. The molecule has 0 radical (unpaired) electrons. The van der Waals surface area contributed by atoms with Gasteiger partial charge in [0.15, 0.2) is 23.0 Å². The van der Waals surface area contributed by atoms with Gasteiger partial charge in [-0.25, -0.2) is 19.7 Å². The molecule has 150 valence electrons. The number of hydrogen-bond acceptors (Lipinski definition) is 8. The fourth-order valence-corrected chi connectivity index (χ4v) is 3.07. The van der Waals surface area contributed by atoms with Gasteiger partial charge in [-0.05, 0) is 17.7 Å². The zero-order valence-electron chi connectivity index (χ0n) is 15.2. The average molecular weight is 407 g/mol. The highest BCUT2D eigenvalue weighted by Crippen LogP contribution is 2.32. The van der Waals surface area contributed by atoms with Crippen LogP contribution in [0.15, 0.2) is 46.6 Å². The maximum Gasteiger partial charge on any atom is 0.328 e. The summed E-state index contributed by atoms with van der Waals surface area (Å²) in [6, 6.07) is 5.08. The number of nitrogens with zero attached hydrogens (tertiary/aromatic N) is 4. The number of carbonyl (C=O) groups is 1. The third-order valence-electron chi connectivity index (χ3n) is 4.54. The Labute approximate surface area is 166 Å². The van der Waals surface area contributed by atoms with E-state index in [0.29, 0.717) is 28.2 Å². The minimum absolute atomic E-state index is 0.0514. The largest absolute Gasteiger partial charge is 0.454 e. The molecule has 3 aromatic heterocycles. The predicted octanol–water partition coefficient (Wildman–Crippen LogP) is 0.232. The molecule has 0 bridgehead atoms. The topological polar surface area (TPSA) is 157 Å². The Morgan fingerprint density at radius 1 is 1.13 bits per heavy atom. The molecule has 1 aliphatic rings. The first-order valence-electron chi connectivity index (χ1n) is 8.76. The molecule has 5 rings (SSSR count). The zero-order valence-corrected chi connectivity index (χ0v) is 15.2. The number of carbonyl (C=O) groups excluding carboxylic acids is 1. The highest BCUT2D eigenvalue weighted by atomic mass is 16.7. The third kappa shape index (κ3) is 2.96. The van der Waals surface area contributed by atoms with E-state index >= 15 is 0 Å². The molecule has 4 aromatic rings. The van der Waals surface area contributed by atoms with Gasteiger partial charge < -0.3 is 24.8 Å². The van der Waals surface area contributed by atoms with Crippen LogP contribution in [0.1, 0.15) is 15.9 Å². The maximum absolute atomic E-state index is 12.8. The van der Waals surface area contributed by atoms with Crippen LogP contribution in [0.3, 0.4) is 0 Å². The summed E-state index contributed by atoms with van der Waals surface area (Å²) in [5.41, 5.74) is -0.227. The molecule has 30 heavy (non-hydrogen) atoms. The van der Waals surface area contributed by atoms with Gasteiger partial charge in [-0.2, -0.15) is 0 Å². The van der Waals surface area contributed by atoms with Crippen molar-refractivity contribution in [2.75, 3.05) is 12.1 Å². The first kappa shape index (κ1) is 17.6. The normalized spacial score (nSPS) is 12.3. The van der Waals surface area contributed by atoms with E-state index in [1.165, 1.54) is 12.7 Å². The summed E-state index contributed by atoms with van der Waals surface area (Å²) < 4.78 is 11.5. The van der Waals surface area contributed by atoms with Gasteiger partial charge in [-0.3, -0.25) is 14.2 Å². The Hall–Kier alpha value is -4.48. The van der Waals surface area contributed by atoms with Gasteiger partial charge >= 0.3 is 5.69 Å². The molecule has 3 N–H and O–H groups in total. The smallest absolute Gasteiger partial charge is 0.328 e. The Morgan fingerprint density at radius 3 is 2.90 bits per heavy atom. The Morgan fingerprint density at radius 2 is 2.00 bits per heavy atom. The molecule has 1 aliphatic heterocycles. The summed E-state index contributed by atoms with van der Waals surface area (Å²) in [6.07, 6.45) is 3.72. The lowest BCUT2D eigenvalue weighted by Gasteiger charge is -2.08. The van der Waals surface area contributed by atoms with Crippen LogP contribution in [0.5, 0.6) is 11.5 Å². The van der Waals surface area contributed by atoms with Gasteiger partial charge in [0.2, 0.25) is 6.79 Å². The molecule has 0 atom stereocenters. The molecular formula is C18H13N7O5. The van der Waals surface area contributed by atoms with E-state index in [1.54, 1.807) is 18.2 Å². The van der Waals surface area contributed by atoms with Gasteiger partial charge in [-0.1, -0.05) is 6.07 Å². The van der Waals surface area contributed by atoms with Crippen LogP contribution in [-0.4, -0.2) is 42.2 Å². The minimum Gasteiger partial charge on any atom is -0.454 e. The van der Waals surface area contributed by atoms with Gasteiger partial charge in [0.05, 0.1) is 12.9 Å². The van der Waals surface area contributed by atoms with Gasteiger partial charge in [0, 0.05) is 6.20 Å². The summed E-state index contributed by atoms with van der Waals surface area (Å²) in [7, 11) is 0. The van der Waals surface area contributed by atoms with Crippen LogP contribution in [0.2, 0.25) is 0 Å². The molecule has 4 heterocycles. The van der Waals surface area contributed by atoms with Crippen molar-refractivity contribution in [2.24, 2.45) is 0 Å². The minimum atomic E-state index is -0.746. The number of nitrogens with one attached hydrogen (secondary N) is 3. The third-order valence-corrected chi connectivity index (χ3v) is 4.54. The van der Waals surface area contributed by atoms with Crippen molar-refractivity contribution >= 4 is 22.9 Å². The van der Waals surface area contributed by atoms with Crippen molar-refractivity contribution in [1.29, 1.82) is 0 Å². The van der Waals surface area contributed by atoms with E-state index in [4.69, 9.17) is 9.47 Å². The van der Waals surface area contributed by atoms with E-state index in [2.05, 4.69) is 30.2 Å². The SMILES string of the molecule is O=C(Nc1ncnc2nc[nH]c12)c1c[nH]c(=O)n(Cc2ccc3c(c2)OCO3)c1=O. The number of amides is 1. The van der Waals surface area contributed by atoms with Crippen LogP contribution in [0.25, 0.3) is 11.2 Å². The highest BCUT2D eigenvalue weighted by Gasteiger charge is 2.19. The fraction of sp³-hybridized carbons (Fsp3) is 0.111. The maximum atomic E-state index is 12.8. The number of H-pyrrole nitrogens is 2. The average Bonchev–Trinajstić information content (AvgIpc) is 3.40. The molecule has 1 amide bonds. The Bertz CT molecular complexity index is 1400.